The smallest absolute Gasteiger partial charge is 0.230 e. The standard InChI is InChI=1S/C24H28N4OS/c1-18-6-4-7-19(14-18)16-26-21-10-5-11-22(15-21)28-13-12-25-24(28)30-17-23(29)27-20-8-2-3-9-20/h4-7,10-15,20,26H,2-3,8-9,16-17H2,1H3,(H,27,29). The van der Waals surface area contributed by atoms with Crippen LogP contribution in [0.5, 0.6) is 0 Å². The van der Waals surface area contributed by atoms with E-state index in [1.807, 2.05) is 16.8 Å². The summed E-state index contributed by atoms with van der Waals surface area (Å²) in [7, 11) is 0. The lowest BCUT2D eigenvalue weighted by molar-refractivity contribution is -0.119. The molecular formula is C24H28N4OS. The third-order valence-electron chi connectivity index (χ3n) is 5.36. The first-order valence-corrected chi connectivity index (χ1v) is 11.5. The van der Waals surface area contributed by atoms with Crippen molar-refractivity contribution >= 4 is 23.4 Å². The Balaban J connectivity index is 1.38. The van der Waals surface area contributed by atoms with Gasteiger partial charge in [0.15, 0.2) is 5.16 Å². The summed E-state index contributed by atoms with van der Waals surface area (Å²) < 4.78 is 2.03. The highest BCUT2D eigenvalue weighted by molar-refractivity contribution is 7.99. The van der Waals surface area contributed by atoms with Crippen molar-refractivity contribution < 1.29 is 4.79 Å². The number of hydrogen-bond donors (Lipinski definition) is 2. The van der Waals surface area contributed by atoms with E-state index in [0.29, 0.717) is 11.8 Å². The Labute approximate surface area is 182 Å². The molecule has 0 saturated heterocycles. The molecule has 0 bridgehead atoms. The van der Waals surface area contributed by atoms with Gasteiger partial charge in [0.25, 0.3) is 0 Å². The Bertz CT molecular complexity index is 994. The van der Waals surface area contributed by atoms with Crippen LogP contribution < -0.4 is 10.6 Å². The molecule has 0 radical (unpaired) electrons. The van der Waals surface area contributed by atoms with Gasteiger partial charge in [-0.3, -0.25) is 9.36 Å². The van der Waals surface area contributed by atoms with Crippen LogP contribution in [0.3, 0.4) is 0 Å². The molecular weight excluding hydrogens is 392 g/mol. The molecule has 3 aromatic rings. The van der Waals surface area contributed by atoms with Gasteiger partial charge in [-0.1, -0.05) is 60.5 Å². The van der Waals surface area contributed by atoms with E-state index in [9.17, 15) is 4.79 Å². The molecule has 30 heavy (non-hydrogen) atoms. The number of imidazole rings is 1. The molecule has 1 fully saturated rings. The van der Waals surface area contributed by atoms with E-state index in [1.54, 1.807) is 6.20 Å². The van der Waals surface area contributed by atoms with Gasteiger partial charge in [-0.05, 0) is 43.5 Å². The maximum absolute atomic E-state index is 12.3. The van der Waals surface area contributed by atoms with Gasteiger partial charge >= 0.3 is 0 Å². The lowest BCUT2D eigenvalue weighted by Crippen LogP contribution is -2.33. The van der Waals surface area contributed by atoms with Gasteiger partial charge < -0.3 is 10.6 Å². The van der Waals surface area contributed by atoms with E-state index in [1.165, 1.54) is 35.7 Å². The molecule has 1 amide bonds. The van der Waals surface area contributed by atoms with Gasteiger partial charge in [0.2, 0.25) is 5.91 Å². The number of aryl methyl sites for hydroxylation is 1. The van der Waals surface area contributed by atoms with Crippen LogP contribution >= 0.6 is 11.8 Å². The van der Waals surface area contributed by atoms with Crippen molar-refractivity contribution in [3.63, 3.8) is 0 Å². The fourth-order valence-electron chi connectivity index (χ4n) is 3.85. The summed E-state index contributed by atoms with van der Waals surface area (Å²) in [5.74, 6) is 0.480. The van der Waals surface area contributed by atoms with Gasteiger partial charge in [0.1, 0.15) is 0 Å². The molecule has 0 atom stereocenters. The molecule has 5 nitrogen and oxygen atoms in total. The Morgan fingerprint density at radius 2 is 2.00 bits per heavy atom. The van der Waals surface area contributed by atoms with Crippen LogP contribution in [0.25, 0.3) is 5.69 Å². The lowest BCUT2D eigenvalue weighted by Gasteiger charge is -2.13. The summed E-state index contributed by atoms with van der Waals surface area (Å²) in [5.41, 5.74) is 4.60. The highest BCUT2D eigenvalue weighted by Crippen LogP contribution is 2.23. The second-order valence-corrected chi connectivity index (χ2v) is 8.75. The number of anilines is 1. The number of rotatable bonds is 8. The quantitative estimate of drug-likeness (QED) is 0.507. The number of carbonyl (C=O) groups excluding carboxylic acids is 1. The molecule has 6 heteroatoms. The molecule has 0 aliphatic heterocycles. The minimum Gasteiger partial charge on any atom is -0.381 e. The van der Waals surface area contributed by atoms with Crippen molar-refractivity contribution in [1.29, 1.82) is 0 Å². The molecule has 2 N–H and O–H groups in total. The number of aromatic nitrogens is 2. The summed E-state index contributed by atoms with van der Waals surface area (Å²) in [6, 6.07) is 17.1. The zero-order chi connectivity index (χ0) is 20.8. The zero-order valence-electron chi connectivity index (χ0n) is 17.3. The Hall–Kier alpha value is -2.73. The van der Waals surface area contributed by atoms with Gasteiger partial charge in [0, 0.05) is 36.4 Å². The molecule has 1 aliphatic carbocycles. The monoisotopic (exact) mass is 420 g/mol. The first-order valence-electron chi connectivity index (χ1n) is 10.5. The molecule has 1 heterocycles. The van der Waals surface area contributed by atoms with E-state index >= 15 is 0 Å². The third kappa shape index (κ3) is 5.45. The highest BCUT2D eigenvalue weighted by atomic mass is 32.2. The third-order valence-corrected chi connectivity index (χ3v) is 6.33. The van der Waals surface area contributed by atoms with Crippen LogP contribution in [-0.4, -0.2) is 27.3 Å². The number of nitrogens with one attached hydrogen (secondary N) is 2. The summed E-state index contributed by atoms with van der Waals surface area (Å²) in [6.45, 7) is 2.88. The van der Waals surface area contributed by atoms with Crippen molar-refractivity contribution in [3.05, 3.63) is 72.1 Å². The second kappa shape index (κ2) is 9.85. The summed E-state index contributed by atoms with van der Waals surface area (Å²) in [5, 5.41) is 7.46. The van der Waals surface area contributed by atoms with Crippen molar-refractivity contribution in [2.45, 2.75) is 50.4 Å². The molecule has 1 saturated carbocycles. The SMILES string of the molecule is Cc1cccc(CNc2cccc(-n3ccnc3SCC(=O)NC3CCCC3)c2)c1. The Morgan fingerprint density at radius 1 is 1.17 bits per heavy atom. The normalized spacial score (nSPS) is 14.0. The van der Waals surface area contributed by atoms with Crippen LogP contribution in [0.4, 0.5) is 5.69 Å². The van der Waals surface area contributed by atoms with Crippen molar-refractivity contribution in [1.82, 2.24) is 14.9 Å². The second-order valence-electron chi connectivity index (χ2n) is 7.81. The molecule has 0 spiro atoms. The molecule has 1 aromatic heterocycles. The average molecular weight is 421 g/mol. The largest absolute Gasteiger partial charge is 0.381 e. The van der Waals surface area contributed by atoms with Crippen molar-refractivity contribution in [3.8, 4) is 5.69 Å². The average Bonchev–Trinajstić information content (AvgIpc) is 3.43. The molecule has 4 rings (SSSR count). The van der Waals surface area contributed by atoms with Gasteiger partial charge in [0.05, 0.1) is 5.75 Å². The van der Waals surface area contributed by atoms with E-state index in [-0.39, 0.29) is 5.91 Å². The lowest BCUT2D eigenvalue weighted by atomic mass is 10.1. The maximum atomic E-state index is 12.3. The minimum atomic E-state index is 0.0926. The van der Waals surface area contributed by atoms with E-state index < -0.39 is 0 Å². The van der Waals surface area contributed by atoms with Gasteiger partial charge in [-0.2, -0.15) is 0 Å². The molecule has 156 valence electrons. The van der Waals surface area contributed by atoms with E-state index in [2.05, 4.69) is 65.0 Å². The zero-order valence-corrected chi connectivity index (χ0v) is 18.1. The molecule has 1 aliphatic rings. The minimum absolute atomic E-state index is 0.0926. The van der Waals surface area contributed by atoms with Crippen molar-refractivity contribution in [2.75, 3.05) is 11.1 Å². The number of nitrogens with zero attached hydrogens (tertiary/aromatic N) is 2. The summed E-state index contributed by atoms with van der Waals surface area (Å²) in [4.78, 5) is 16.7. The van der Waals surface area contributed by atoms with E-state index in [0.717, 1.165) is 35.9 Å². The number of benzene rings is 2. The summed E-state index contributed by atoms with van der Waals surface area (Å²) in [6.07, 6.45) is 8.37. The Kier molecular flexibility index (Phi) is 6.74. The number of carbonyl (C=O) groups is 1. The first-order chi connectivity index (χ1) is 14.7. The van der Waals surface area contributed by atoms with Crippen molar-refractivity contribution in [2.24, 2.45) is 0 Å². The fraction of sp³-hybridized carbons (Fsp3) is 0.333. The Morgan fingerprint density at radius 3 is 2.83 bits per heavy atom. The van der Waals surface area contributed by atoms with E-state index in [4.69, 9.17) is 0 Å². The van der Waals surface area contributed by atoms with Crippen LogP contribution in [0, 0.1) is 6.92 Å². The topological polar surface area (TPSA) is 59.0 Å². The van der Waals surface area contributed by atoms with Crippen LogP contribution in [0.2, 0.25) is 0 Å². The highest BCUT2D eigenvalue weighted by Gasteiger charge is 2.17. The first kappa shape index (κ1) is 20.5. The predicted molar refractivity (Wildman–Crippen MR) is 123 cm³/mol. The summed E-state index contributed by atoms with van der Waals surface area (Å²) >= 11 is 1.48. The van der Waals surface area contributed by atoms with Crippen LogP contribution in [-0.2, 0) is 11.3 Å². The molecule has 0 unspecified atom stereocenters. The van der Waals surface area contributed by atoms with Gasteiger partial charge in [-0.15, -0.1) is 0 Å². The predicted octanol–water partition coefficient (Wildman–Crippen LogP) is 4.94. The number of amides is 1. The molecule has 2 aromatic carbocycles. The van der Waals surface area contributed by atoms with Gasteiger partial charge in [-0.25, -0.2) is 4.98 Å². The maximum Gasteiger partial charge on any atom is 0.230 e. The van der Waals surface area contributed by atoms with Crippen LogP contribution in [0.1, 0.15) is 36.8 Å². The fourth-order valence-corrected chi connectivity index (χ4v) is 4.64. The van der Waals surface area contributed by atoms with Crippen LogP contribution in [0.15, 0.2) is 66.1 Å². The number of thioether (sulfide) groups is 1. The number of hydrogen-bond acceptors (Lipinski definition) is 4.